The quantitative estimate of drug-likeness (QED) is 0.250. The molecule has 2 N–H and O–H groups in total. The lowest BCUT2D eigenvalue weighted by molar-refractivity contribution is -0.121. The number of hydrogen-bond acceptors (Lipinski definition) is 9. The maximum atomic E-state index is 13.5. The first-order valence-corrected chi connectivity index (χ1v) is 14.2. The Morgan fingerprint density at radius 2 is 1.93 bits per heavy atom. The molecule has 0 saturated carbocycles. The Morgan fingerprint density at radius 3 is 2.67 bits per heavy atom. The number of aromatic nitrogens is 2. The van der Waals surface area contributed by atoms with Crippen LogP contribution in [-0.4, -0.2) is 60.3 Å². The van der Waals surface area contributed by atoms with E-state index in [0.29, 0.717) is 47.1 Å². The van der Waals surface area contributed by atoms with E-state index < -0.39 is 0 Å². The third-order valence-electron chi connectivity index (χ3n) is 6.73. The molecular weight excluding hydrogens is 536 g/mol. The third kappa shape index (κ3) is 6.86. The van der Waals surface area contributed by atoms with Crippen molar-refractivity contribution in [3.8, 4) is 17.2 Å². The molecule has 212 valence electrons. The number of ether oxygens (including phenoxy) is 4. The van der Waals surface area contributed by atoms with E-state index in [2.05, 4.69) is 15.6 Å². The summed E-state index contributed by atoms with van der Waals surface area (Å²) < 4.78 is 23.1. The maximum Gasteiger partial charge on any atom is 0.262 e. The number of nitrogens with one attached hydrogen (secondary N) is 2. The zero-order valence-electron chi connectivity index (χ0n) is 22.3. The van der Waals surface area contributed by atoms with Crippen molar-refractivity contribution in [3.05, 3.63) is 52.3 Å². The van der Waals surface area contributed by atoms with Crippen LogP contribution in [0, 0.1) is 0 Å². The second-order valence-electron chi connectivity index (χ2n) is 9.53. The zero-order valence-corrected chi connectivity index (χ0v) is 23.1. The third-order valence-corrected chi connectivity index (χ3v) is 7.71. The average Bonchev–Trinajstić information content (AvgIpc) is 3.66. The molecule has 3 heterocycles. The van der Waals surface area contributed by atoms with Gasteiger partial charge in [0.15, 0.2) is 16.7 Å². The summed E-state index contributed by atoms with van der Waals surface area (Å²) in [6, 6.07) is 10.8. The standard InChI is InChI=1S/C28H32N4O7S/c1-36-19-8-6-18(7-9-19)14-29-25(33)5-2-10-32-27(35)21-12-23-24(39-17-38-23)13-22(21)31-28(32)40-16-26(34)30-15-20-4-3-11-37-20/h6-9,12-13,20H,2-5,10-11,14-17H2,1H3,(H,29,33)(H,30,34). The summed E-state index contributed by atoms with van der Waals surface area (Å²) in [5, 5.41) is 6.60. The number of nitrogens with zero attached hydrogens (tertiary/aromatic N) is 2. The highest BCUT2D eigenvalue weighted by molar-refractivity contribution is 7.99. The molecule has 1 saturated heterocycles. The number of carbonyl (C=O) groups is 2. The van der Waals surface area contributed by atoms with Gasteiger partial charge in [0.25, 0.3) is 5.56 Å². The largest absolute Gasteiger partial charge is 0.497 e. The molecule has 0 spiro atoms. The summed E-state index contributed by atoms with van der Waals surface area (Å²) in [4.78, 5) is 43.2. The molecule has 1 aromatic heterocycles. The van der Waals surface area contributed by atoms with E-state index in [0.717, 1.165) is 30.8 Å². The normalized spacial score (nSPS) is 15.8. The minimum Gasteiger partial charge on any atom is -0.497 e. The van der Waals surface area contributed by atoms with Crippen LogP contribution in [0.15, 0.2) is 46.3 Å². The number of fused-ring (bicyclic) bond motifs is 2. The number of methoxy groups -OCH3 is 1. The van der Waals surface area contributed by atoms with Crippen LogP contribution in [0.3, 0.4) is 0 Å². The van der Waals surface area contributed by atoms with E-state index in [-0.39, 0.29) is 49.0 Å². The number of carbonyl (C=O) groups excluding carboxylic acids is 2. The highest BCUT2D eigenvalue weighted by Gasteiger charge is 2.21. The van der Waals surface area contributed by atoms with Crippen LogP contribution in [0.25, 0.3) is 10.9 Å². The Kier molecular flexibility index (Phi) is 9.07. The Morgan fingerprint density at radius 1 is 1.12 bits per heavy atom. The Labute approximate surface area is 235 Å². The molecule has 1 unspecified atom stereocenters. The molecule has 12 heteroatoms. The van der Waals surface area contributed by atoms with E-state index in [1.807, 2.05) is 24.3 Å². The number of thioether (sulfide) groups is 1. The number of rotatable bonds is 12. The molecule has 3 aromatic rings. The van der Waals surface area contributed by atoms with Crippen LogP contribution < -0.4 is 30.4 Å². The van der Waals surface area contributed by atoms with Crippen molar-refractivity contribution in [2.45, 2.75) is 50.0 Å². The van der Waals surface area contributed by atoms with E-state index >= 15 is 0 Å². The first-order chi connectivity index (χ1) is 19.5. The van der Waals surface area contributed by atoms with Crippen molar-refractivity contribution >= 4 is 34.5 Å². The second kappa shape index (κ2) is 13.1. The fourth-order valence-electron chi connectivity index (χ4n) is 4.54. The van der Waals surface area contributed by atoms with Crippen molar-refractivity contribution in [1.82, 2.24) is 20.2 Å². The van der Waals surface area contributed by atoms with Gasteiger partial charge in [0.2, 0.25) is 18.6 Å². The van der Waals surface area contributed by atoms with E-state index in [1.165, 1.54) is 16.3 Å². The van der Waals surface area contributed by atoms with Gasteiger partial charge in [0, 0.05) is 38.7 Å². The van der Waals surface area contributed by atoms with Crippen LogP contribution in [0.5, 0.6) is 17.2 Å². The number of hydrogen-bond donors (Lipinski definition) is 2. The predicted molar refractivity (Wildman–Crippen MR) is 149 cm³/mol. The summed E-state index contributed by atoms with van der Waals surface area (Å²) in [7, 11) is 1.60. The van der Waals surface area contributed by atoms with Gasteiger partial charge in [-0.3, -0.25) is 19.0 Å². The monoisotopic (exact) mass is 568 g/mol. The SMILES string of the molecule is COc1ccc(CNC(=O)CCCn2c(SCC(=O)NCC3CCCO3)nc3cc4c(cc3c2=O)OCO4)cc1. The first kappa shape index (κ1) is 27.8. The van der Waals surface area contributed by atoms with Gasteiger partial charge in [-0.2, -0.15) is 0 Å². The van der Waals surface area contributed by atoms with E-state index in [1.54, 1.807) is 19.2 Å². The lowest BCUT2D eigenvalue weighted by Crippen LogP contribution is -2.33. The van der Waals surface area contributed by atoms with Gasteiger partial charge in [0.1, 0.15) is 5.75 Å². The van der Waals surface area contributed by atoms with Crippen molar-refractivity contribution in [3.63, 3.8) is 0 Å². The lowest BCUT2D eigenvalue weighted by atomic mass is 10.2. The summed E-state index contributed by atoms with van der Waals surface area (Å²) in [5.74, 6) is 1.58. The molecular formula is C28H32N4O7S. The summed E-state index contributed by atoms with van der Waals surface area (Å²) in [6.45, 7) is 1.94. The molecule has 2 aliphatic rings. The van der Waals surface area contributed by atoms with Crippen LogP contribution in [0.2, 0.25) is 0 Å². The van der Waals surface area contributed by atoms with Gasteiger partial charge in [-0.25, -0.2) is 4.98 Å². The molecule has 2 aromatic carbocycles. The van der Waals surface area contributed by atoms with Crippen LogP contribution in [0.4, 0.5) is 0 Å². The molecule has 1 atom stereocenters. The highest BCUT2D eigenvalue weighted by atomic mass is 32.2. The fraction of sp³-hybridized carbons (Fsp3) is 0.429. The van der Waals surface area contributed by atoms with E-state index in [9.17, 15) is 14.4 Å². The Balaban J connectivity index is 1.24. The Hall–Kier alpha value is -3.77. The Bertz CT molecular complexity index is 1420. The molecule has 5 rings (SSSR count). The molecule has 2 aliphatic heterocycles. The van der Waals surface area contributed by atoms with Crippen molar-refractivity contribution in [2.75, 3.05) is 32.8 Å². The van der Waals surface area contributed by atoms with Crippen molar-refractivity contribution < 1.29 is 28.5 Å². The van der Waals surface area contributed by atoms with Gasteiger partial charge in [-0.1, -0.05) is 23.9 Å². The van der Waals surface area contributed by atoms with Gasteiger partial charge in [0.05, 0.1) is 29.9 Å². The fourth-order valence-corrected chi connectivity index (χ4v) is 5.40. The van der Waals surface area contributed by atoms with E-state index in [4.69, 9.17) is 18.9 Å². The number of amides is 2. The maximum absolute atomic E-state index is 13.5. The molecule has 2 amide bonds. The van der Waals surface area contributed by atoms with Gasteiger partial charge >= 0.3 is 0 Å². The van der Waals surface area contributed by atoms with Crippen molar-refractivity contribution in [1.29, 1.82) is 0 Å². The summed E-state index contributed by atoms with van der Waals surface area (Å²) in [6.07, 6.45) is 2.63. The topological polar surface area (TPSA) is 130 Å². The summed E-state index contributed by atoms with van der Waals surface area (Å²) in [5.41, 5.74) is 1.16. The average molecular weight is 569 g/mol. The van der Waals surface area contributed by atoms with Crippen LogP contribution in [-0.2, 0) is 27.4 Å². The molecule has 11 nitrogen and oxygen atoms in total. The molecule has 0 aliphatic carbocycles. The van der Waals surface area contributed by atoms with Crippen LogP contribution >= 0.6 is 11.8 Å². The predicted octanol–water partition coefficient (Wildman–Crippen LogP) is 2.62. The smallest absolute Gasteiger partial charge is 0.262 e. The molecule has 40 heavy (non-hydrogen) atoms. The summed E-state index contributed by atoms with van der Waals surface area (Å²) >= 11 is 1.19. The van der Waals surface area contributed by atoms with Crippen molar-refractivity contribution in [2.24, 2.45) is 0 Å². The highest BCUT2D eigenvalue weighted by Crippen LogP contribution is 2.35. The van der Waals surface area contributed by atoms with Gasteiger partial charge < -0.3 is 29.6 Å². The zero-order chi connectivity index (χ0) is 27.9. The minimum atomic E-state index is -0.260. The van der Waals surface area contributed by atoms with Crippen LogP contribution in [0.1, 0.15) is 31.2 Å². The second-order valence-corrected chi connectivity index (χ2v) is 10.5. The molecule has 0 radical (unpaired) electrons. The number of benzene rings is 2. The van der Waals surface area contributed by atoms with Gasteiger partial charge in [-0.05, 0) is 43.0 Å². The molecule has 1 fully saturated rings. The minimum absolute atomic E-state index is 0.0473. The lowest BCUT2D eigenvalue weighted by Gasteiger charge is -2.14. The molecule has 0 bridgehead atoms. The van der Waals surface area contributed by atoms with Gasteiger partial charge in [-0.15, -0.1) is 0 Å². The first-order valence-electron chi connectivity index (χ1n) is 13.2.